The number of hydrogen-bond donors (Lipinski definition) is 1. The molecule has 1 aromatic carbocycles. The molecule has 0 atom stereocenters. The molecule has 0 radical (unpaired) electrons. The Morgan fingerprint density at radius 1 is 0.931 bits per heavy atom. The molecule has 0 aliphatic carbocycles. The zero-order valence-electron chi connectivity index (χ0n) is 16.7. The molecule has 4 rings (SSSR count). The molecule has 0 fully saturated rings. The average molecular weight is 412 g/mol. The van der Waals surface area contributed by atoms with E-state index in [1.54, 1.807) is 6.07 Å². The number of sulfonamides is 1. The van der Waals surface area contributed by atoms with Gasteiger partial charge in [0.05, 0.1) is 5.69 Å². The zero-order chi connectivity index (χ0) is 20.9. The third-order valence-corrected chi connectivity index (χ3v) is 6.90. The van der Waals surface area contributed by atoms with Gasteiger partial charge in [-0.2, -0.15) is 0 Å². The van der Waals surface area contributed by atoms with Crippen LogP contribution in [0.25, 0.3) is 22.1 Å². The van der Waals surface area contributed by atoms with E-state index in [1.165, 1.54) is 20.2 Å². The van der Waals surface area contributed by atoms with Crippen molar-refractivity contribution in [2.24, 2.45) is 0 Å². The van der Waals surface area contributed by atoms with Crippen LogP contribution in [0.4, 0.5) is 11.5 Å². The fourth-order valence-corrected chi connectivity index (χ4v) is 4.11. The van der Waals surface area contributed by atoms with Crippen LogP contribution >= 0.6 is 0 Å². The van der Waals surface area contributed by atoms with Crippen molar-refractivity contribution in [3.8, 4) is 0 Å². The molecule has 10 heteroatoms. The quantitative estimate of drug-likeness (QED) is 0.544. The summed E-state index contributed by atoms with van der Waals surface area (Å²) >= 11 is 0. The molecule has 0 aliphatic heterocycles. The maximum Gasteiger partial charge on any atom is 0.244 e. The Morgan fingerprint density at radius 2 is 1.66 bits per heavy atom. The molecule has 0 amide bonds. The number of nitrogens with one attached hydrogen (secondary N) is 1. The van der Waals surface area contributed by atoms with Crippen LogP contribution in [0.15, 0.2) is 33.8 Å². The number of aromatic nitrogens is 4. The van der Waals surface area contributed by atoms with Gasteiger partial charge in [-0.25, -0.2) is 27.3 Å². The van der Waals surface area contributed by atoms with Crippen molar-refractivity contribution in [3.63, 3.8) is 0 Å². The lowest BCUT2D eigenvalue weighted by Gasteiger charge is -2.13. The summed E-state index contributed by atoms with van der Waals surface area (Å²) in [6.07, 6.45) is 0. The van der Waals surface area contributed by atoms with Crippen LogP contribution in [-0.2, 0) is 10.0 Å². The van der Waals surface area contributed by atoms with Crippen molar-refractivity contribution in [3.05, 3.63) is 41.1 Å². The Morgan fingerprint density at radius 3 is 2.38 bits per heavy atom. The minimum atomic E-state index is -3.69. The Labute approximate surface area is 167 Å². The minimum Gasteiger partial charge on any atom is -0.338 e. The Kier molecular flexibility index (Phi) is 4.47. The molecule has 150 valence electrons. The summed E-state index contributed by atoms with van der Waals surface area (Å²) in [6, 6.07) is 6.90. The van der Waals surface area contributed by atoms with Crippen molar-refractivity contribution < 1.29 is 13.0 Å². The number of aryl methyl sites for hydroxylation is 2. The Bertz CT molecular complexity index is 1360. The molecule has 0 spiro atoms. The largest absolute Gasteiger partial charge is 0.338 e. The van der Waals surface area contributed by atoms with Gasteiger partial charge in [-0.1, -0.05) is 0 Å². The predicted molar refractivity (Wildman–Crippen MR) is 110 cm³/mol. The highest BCUT2D eigenvalue weighted by Gasteiger charge is 2.24. The Hall–Kier alpha value is -3.11. The standard InChI is InChI=1S/C19H20N6O3S/c1-10-11(2)13-6-9-16(22-19(13)20-12(10)3)21-14-7-8-15(29(26,27)25(4)5)18-17(14)23-28-24-18/h6-9H,1-5H3,(H,20,21,22). The summed E-state index contributed by atoms with van der Waals surface area (Å²) in [6.45, 7) is 6.05. The van der Waals surface area contributed by atoms with Gasteiger partial charge in [-0.3, -0.25) is 0 Å². The lowest BCUT2D eigenvalue weighted by molar-refractivity contribution is 0.315. The fourth-order valence-electron chi connectivity index (χ4n) is 3.10. The van der Waals surface area contributed by atoms with E-state index >= 15 is 0 Å². The first kappa shape index (κ1) is 19.2. The maximum atomic E-state index is 12.5. The van der Waals surface area contributed by atoms with E-state index in [0.717, 1.165) is 26.5 Å². The summed E-state index contributed by atoms with van der Waals surface area (Å²) < 4.78 is 31.0. The number of benzene rings is 1. The van der Waals surface area contributed by atoms with E-state index in [0.29, 0.717) is 22.7 Å². The first-order valence-electron chi connectivity index (χ1n) is 8.89. The van der Waals surface area contributed by atoms with Crippen molar-refractivity contribution in [1.29, 1.82) is 0 Å². The van der Waals surface area contributed by atoms with Gasteiger partial charge in [-0.15, -0.1) is 0 Å². The summed E-state index contributed by atoms with van der Waals surface area (Å²) in [5.41, 5.74) is 4.86. The first-order valence-corrected chi connectivity index (χ1v) is 10.3. The fraction of sp³-hybridized carbons (Fsp3) is 0.263. The monoisotopic (exact) mass is 412 g/mol. The van der Waals surface area contributed by atoms with Gasteiger partial charge in [0, 0.05) is 25.2 Å². The number of hydrogen-bond acceptors (Lipinski definition) is 8. The highest BCUT2D eigenvalue weighted by atomic mass is 32.2. The molecule has 0 unspecified atom stereocenters. The van der Waals surface area contributed by atoms with E-state index < -0.39 is 10.0 Å². The lowest BCUT2D eigenvalue weighted by atomic mass is 10.1. The van der Waals surface area contributed by atoms with E-state index in [9.17, 15) is 8.42 Å². The average Bonchev–Trinajstić information content (AvgIpc) is 3.16. The highest BCUT2D eigenvalue weighted by Crippen LogP contribution is 2.30. The topological polar surface area (TPSA) is 114 Å². The predicted octanol–water partition coefficient (Wildman–Crippen LogP) is 3.09. The van der Waals surface area contributed by atoms with Crippen LogP contribution in [0.2, 0.25) is 0 Å². The molecule has 29 heavy (non-hydrogen) atoms. The van der Waals surface area contributed by atoms with Gasteiger partial charge in [0.25, 0.3) is 0 Å². The van der Waals surface area contributed by atoms with Gasteiger partial charge in [0.15, 0.2) is 16.7 Å². The van der Waals surface area contributed by atoms with Gasteiger partial charge < -0.3 is 5.32 Å². The molecule has 0 bridgehead atoms. The van der Waals surface area contributed by atoms with E-state index in [-0.39, 0.29) is 10.4 Å². The second kappa shape index (κ2) is 6.75. The molecular weight excluding hydrogens is 392 g/mol. The highest BCUT2D eigenvalue weighted by molar-refractivity contribution is 7.89. The molecule has 0 aliphatic rings. The SMILES string of the molecule is Cc1nc2nc(Nc3ccc(S(=O)(=O)N(C)C)c4nonc34)ccc2c(C)c1C. The summed E-state index contributed by atoms with van der Waals surface area (Å²) in [4.78, 5) is 9.20. The number of pyridine rings is 2. The normalized spacial score (nSPS) is 12.2. The molecule has 3 aromatic heterocycles. The van der Waals surface area contributed by atoms with Crippen molar-refractivity contribution >= 4 is 43.6 Å². The molecule has 1 N–H and O–H groups in total. The molecule has 4 aromatic rings. The summed E-state index contributed by atoms with van der Waals surface area (Å²) in [7, 11) is -0.774. The minimum absolute atomic E-state index is 0.0270. The summed E-state index contributed by atoms with van der Waals surface area (Å²) in [5, 5.41) is 11.8. The van der Waals surface area contributed by atoms with Crippen LogP contribution in [0.1, 0.15) is 16.8 Å². The maximum absolute atomic E-state index is 12.5. The zero-order valence-corrected chi connectivity index (χ0v) is 17.5. The van der Waals surface area contributed by atoms with Crippen molar-refractivity contribution in [2.45, 2.75) is 25.7 Å². The molecule has 0 saturated carbocycles. The number of anilines is 2. The smallest absolute Gasteiger partial charge is 0.244 e. The number of rotatable bonds is 4. The van der Waals surface area contributed by atoms with Crippen LogP contribution in [0, 0.1) is 20.8 Å². The lowest BCUT2D eigenvalue weighted by Crippen LogP contribution is -2.22. The van der Waals surface area contributed by atoms with Crippen LogP contribution in [0.5, 0.6) is 0 Å². The van der Waals surface area contributed by atoms with E-state index in [4.69, 9.17) is 4.63 Å². The number of fused-ring (bicyclic) bond motifs is 2. The van der Waals surface area contributed by atoms with Crippen molar-refractivity contribution in [1.82, 2.24) is 24.6 Å². The number of nitrogens with zero attached hydrogens (tertiary/aromatic N) is 5. The van der Waals surface area contributed by atoms with Gasteiger partial charge >= 0.3 is 0 Å². The third-order valence-electron chi connectivity index (χ3n) is 5.06. The Balaban J connectivity index is 1.80. The second-order valence-electron chi connectivity index (χ2n) is 7.00. The third kappa shape index (κ3) is 3.10. The van der Waals surface area contributed by atoms with E-state index in [1.807, 2.05) is 26.0 Å². The molecule has 3 heterocycles. The summed E-state index contributed by atoms with van der Waals surface area (Å²) in [5.74, 6) is 0.556. The van der Waals surface area contributed by atoms with Crippen LogP contribution in [0.3, 0.4) is 0 Å². The van der Waals surface area contributed by atoms with Crippen molar-refractivity contribution in [2.75, 3.05) is 19.4 Å². The van der Waals surface area contributed by atoms with Crippen LogP contribution < -0.4 is 5.32 Å². The molecule has 0 saturated heterocycles. The van der Waals surface area contributed by atoms with Gasteiger partial charge in [0.2, 0.25) is 10.0 Å². The van der Waals surface area contributed by atoms with E-state index in [2.05, 4.69) is 32.5 Å². The second-order valence-corrected chi connectivity index (χ2v) is 9.12. The van der Waals surface area contributed by atoms with Gasteiger partial charge in [0.1, 0.15) is 10.7 Å². The molecular formula is C19H20N6O3S. The first-order chi connectivity index (χ1) is 13.7. The molecule has 9 nitrogen and oxygen atoms in total. The van der Waals surface area contributed by atoms with Gasteiger partial charge in [-0.05, 0) is 66.5 Å². The van der Waals surface area contributed by atoms with Crippen LogP contribution in [-0.4, -0.2) is 47.1 Å².